The van der Waals surface area contributed by atoms with E-state index in [0.29, 0.717) is 19.6 Å². The zero-order chi connectivity index (χ0) is 21.3. The van der Waals surface area contributed by atoms with Crippen molar-refractivity contribution in [1.29, 1.82) is 0 Å². The number of allylic oxidation sites excluding steroid dienone is 2. The highest BCUT2D eigenvalue weighted by molar-refractivity contribution is 5.66. The van der Waals surface area contributed by atoms with E-state index < -0.39 is 17.9 Å². The van der Waals surface area contributed by atoms with Crippen LogP contribution in [0.15, 0.2) is 36.4 Å². The zero-order valence-electron chi connectivity index (χ0n) is 17.9. The van der Waals surface area contributed by atoms with Crippen LogP contribution in [0.1, 0.15) is 58.1 Å². The highest BCUT2D eigenvalue weighted by Crippen LogP contribution is 2.41. The number of carbonyl (C=O) groups is 1. The number of aliphatic carboxylic acids is 1. The molecule has 6 heteroatoms. The first-order chi connectivity index (χ1) is 13.9. The van der Waals surface area contributed by atoms with Crippen LogP contribution in [-0.2, 0) is 19.0 Å². The lowest BCUT2D eigenvalue weighted by molar-refractivity contribution is -0.303. The van der Waals surface area contributed by atoms with Gasteiger partial charge < -0.3 is 24.1 Å². The maximum atomic E-state index is 10.7. The molecule has 0 saturated carbocycles. The van der Waals surface area contributed by atoms with Crippen molar-refractivity contribution in [3.8, 4) is 5.75 Å². The van der Waals surface area contributed by atoms with Gasteiger partial charge in [0, 0.05) is 24.5 Å². The van der Waals surface area contributed by atoms with Crippen molar-refractivity contribution in [2.24, 2.45) is 5.92 Å². The lowest BCUT2D eigenvalue weighted by atomic mass is 9.90. The molecule has 2 rings (SSSR count). The molecule has 1 heterocycles. The number of hydrogen-bond acceptors (Lipinski definition) is 5. The van der Waals surface area contributed by atoms with E-state index in [1.165, 1.54) is 0 Å². The van der Waals surface area contributed by atoms with Crippen molar-refractivity contribution in [1.82, 2.24) is 0 Å². The molecule has 1 aliphatic heterocycles. The second kappa shape index (κ2) is 11.3. The summed E-state index contributed by atoms with van der Waals surface area (Å²) in [6.07, 6.45) is 5.53. The number of para-hydroxylation sites is 1. The number of benzene rings is 1. The quantitative estimate of drug-likeness (QED) is 0.535. The Bertz CT molecular complexity index is 669. The molecule has 0 radical (unpaired) electrons. The van der Waals surface area contributed by atoms with E-state index in [0.717, 1.165) is 24.2 Å². The molecule has 3 atom stereocenters. The molecule has 1 aliphatic rings. The number of carboxylic acids is 1. The van der Waals surface area contributed by atoms with Crippen molar-refractivity contribution in [3.63, 3.8) is 0 Å². The van der Waals surface area contributed by atoms with E-state index in [4.69, 9.17) is 24.1 Å². The molecule has 0 amide bonds. The topological polar surface area (TPSA) is 74.2 Å². The van der Waals surface area contributed by atoms with Crippen LogP contribution < -0.4 is 4.74 Å². The minimum absolute atomic E-state index is 0.0885. The maximum Gasteiger partial charge on any atom is 0.303 e. The van der Waals surface area contributed by atoms with E-state index in [1.54, 1.807) is 7.11 Å². The highest BCUT2D eigenvalue weighted by atomic mass is 16.7. The van der Waals surface area contributed by atoms with Crippen molar-refractivity contribution in [2.45, 2.75) is 64.4 Å². The van der Waals surface area contributed by atoms with E-state index in [-0.39, 0.29) is 18.4 Å². The van der Waals surface area contributed by atoms with Gasteiger partial charge in [-0.05, 0) is 39.2 Å². The van der Waals surface area contributed by atoms with Crippen LogP contribution in [0.2, 0.25) is 0 Å². The van der Waals surface area contributed by atoms with Gasteiger partial charge in [-0.25, -0.2) is 0 Å². The predicted molar refractivity (Wildman–Crippen MR) is 111 cm³/mol. The second-order valence-electron chi connectivity index (χ2n) is 7.82. The Hall–Kier alpha value is -1.89. The fraction of sp³-hybridized carbons (Fsp3) is 0.609. The summed E-state index contributed by atoms with van der Waals surface area (Å²) in [6, 6.07) is 7.87. The van der Waals surface area contributed by atoms with E-state index in [9.17, 15) is 4.79 Å². The first-order valence-corrected chi connectivity index (χ1v) is 10.3. The molecule has 1 aromatic carbocycles. The van der Waals surface area contributed by atoms with Crippen molar-refractivity contribution < 1.29 is 28.8 Å². The SMILES string of the molecule is CCCOC(C)(C)C1OCC(C/C=C\CCC(=O)O)C(c2ccccc2OC)O1. The highest BCUT2D eigenvalue weighted by Gasteiger charge is 2.41. The van der Waals surface area contributed by atoms with Crippen LogP contribution in [0.4, 0.5) is 0 Å². The molecular weight excluding hydrogens is 372 g/mol. The molecule has 0 spiro atoms. The molecular formula is C23H34O6. The minimum Gasteiger partial charge on any atom is -0.496 e. The van der Waals surface area contributed by atoms with Gasteiger partial charge in [-0.3, -0.25) is 4.79 Å². The molecule has 0 aliphatic carbocycles. The third kappa shape index (κ3) is 6.84. The monoisotopic (exact) mass is 406 g/mol. The smallest absolute Gasteiger partial charge is 0.303 e. The second-order valence-corrected chi connectivity index (χ2v) is 7.82. The summed E-state index contributed by atoms with van der Waals surface area (Å²) in [5.41, 5.74) is 0.414. The average Bonchev–Trinajstić information content (AvgIpc) is 2.71. The van der Waals surface area contributed by atoms with Gasteiger partial charge >= 0.3 is 5.97 Å². The number of ether oxygens (including phenoxy) is 4. The summed E-state index contributed by atoms with van der Waals surface area (Å²) in [5, 5.41) is 8.78. The first kappa shape index (κ1) is 23.4. The molecule has 6 nitrogen and oxygen atoms in total. The third-order valence-electron chi connectivity index (χ3n) is 4.98. The van der Waals surface area contributed by atoms with Gasteiger partial charge in [-0.15, -0.1) is 0 Å². The fourth-order valence-electron chi connectivity index (χ4n) is 3.40. The Morgan fingerprint density at radius 2 is 2.07 bits per heavy atom. The molecule has 1 fully saturated rings. The molecule has 0 aromatic heterocycles. The standard InChI is InChI=1S/C23H34O6/c1-5-15-28-23(2,3)22-27-16-17(11-7-6-8-14-20(24)25)21(29-22)18-12-9-10-13-19(18)26-4/h6-7,9-10,12-13,17,21-22H,5,8,11,14-16H2,1-4H3,(H,24,25)/b7-6-. The molecule has 1 saturated heterocycles. The Balaban J connectivity index is 2.17. The summed E-state index contributed by atoms with van der Waals surface area (Å²) in [7, 11) is 1.66. The van der Waals surface area contributed by atoms with Crippen LogP contribution in [0, 0.1) is 5.92 Å². The van der Waals surface area contributed by atoms with Gasteiger partial charge in [0.15, 0.2) is 6.29 Å². The van der Waals surface area contributed by atoms with Gasteiger partial charge in [0.1, 0.15) is 11.4 Å². The zero-order valence-corrected chi connectivity index (χ0v) is 17.9. The lowest BCUT2D eigenvalue weighted by Gasteiger charge is -2.43. The Morgan fingerprint density at radius 1 is 1.31 bits per heavy atom. The van der Waals surface area contributed by atoms with Crippen molar-refractivity contribution in [2.75, 3.05) is 20.3 Å². The molecule has 162 valence electrons. The van der Waals surface area contributed by atoms with Gasteiger partial charge in [-0.1, -0.05) is 37.3 Å². The number of carboxylic acid groups (broad SMARTS) is 1. The molecule has 3 unspecified atom stereocenters. The summed E-state index contributed by atoms with van der Waals surface area (Å²) in [5.74, 6) is 0.0823. The van der Waals surface area contributed by atoms with Gasteiger partial charge in [0.2, 0.25) is 0 Å². The number of rotatable bonds is 11. The van der Waals surface area contributed by atoms with Gasteiger partial charge in [-0.2, -0.15) is 0 Å². The van der Waals surface area contributed by atoms with E-state index in [2.05, 4.69) is 6.92 Å². The van der Waals surface area contributed by atoms with Gasteiger partial charge in [0.05, 0.1) is 19.8 Å². The van der Waals surface area contributed by atoms with Crippen LogP contribution in [0.5, 0.6) is 5.75 Å². The molecule has 29 heavy (non-hydrogen) atoms. The number of methoxy groups -OCH3 is 1. The van der Waals surface area contributed by atoms with E-state index in [1.807, 2.05) is 50.3 Å². The minimum atomic E-state index is -0.789. The van der Waals surface area contributed by atoms with Crippen LogP contribution in [-0.4, -0.2) is 43.3 Å². The normalized spacial score (nSPS) is 22.7. The summed E-state index contributed by atoms with van der Waals surface area (Å²) in [6.45, 7) is 7.21. The summed E-state index contributed by atoms with van der Waals surface area (Å²) >= 11 is 0. The Morgan fingerprint density at radius 3 is 2.76 bits per heavy atom. The summed E-state index contributed by atoms with van der Waals surface area (Å²) in [4.78, 5) is 10.7. The lowest BCUT2D eigenvalue weighted by Crippen LogP contribution is -2.48. The van der Waals surface area contributed by atoms with E-state index >= 15 is 0 Å². The largest absolute Gasteiger partial charge is 0.496 e. The average molecular weight is 407 g/mol. The van der Waals surface area contributed by atoms with Crippen LogP contribution in [0.3, 0.4) is 0 Å². The molecule has 1 N–H and O–H groups in total. The van der Waals surface area contributed by atoms with Gasteiger partial charge in [0.25, 0.3) is 0 Å². The van der Waals surface area contributed by atoms with Crippen LogP contribution >= 0.6 is 0 Å². The fourth-order valence-corrected chi connectivity index (χ4v) is 3.40. The molecule has 1 aromatic rings. The Kier molecular flexibility index (Phi) is 9.14. The maximum absolute atomic E-state index is 10.7. The molecule has 0 bridgehead atoms. The first-order valence-electron chi connectivity index (χ1n) is 10.3. The number of hydrogen-bond donors (Lipinski definition) is 1. The van der Waals surface area contributed by atoms with Crippen molar-refractivity contribution >= 4 is 5.97 Å². The third-order valence-corrected chi connectivity index (χ3v) is 4.98. The van der Waals surface area contributed by atoms with Crippen molar-refractivity contribution in [3.05, 3.63) is 42.0 Å². The van der Waals surface area contributed by atoms with Crippen LogP contribution in [0.25, 0.3) is 0 Å². The Labute approximate surface area is 173 Å². The summed E-state index contributed by atoms with van der Waals surface area (Å²) < 4.78 is 24.0. The predicted octanol–water partition coefficient (Wildman–Crippen LogP) is 4.74.